The van der Waals surface area contributed by atoms with Gasteiger partial charge in [0, 0.05) is 5.69 Å². The van der Waals surface area contributed by atoms with Gasteiger partial charge in [-0.1, -0.05) is 48.0 Å². The normalized spacial score (nSPS) is 10.2. The molecular formula is C21H17ClN4O3. The molecule has 0 aliphatic rings. The van der Waals surface area contributed by atoms with Gasteiger partial charge in [-0.05, 0) is 31.2 Å². The van der Waals surface area contributed by atoms with Crippen LogP contribution in [0.4, 0.5) is 5.69 Å². The molecule has 7 nitrogen and oxygen atoms in total. The number of aryl methyl sites for hydroxylation is 1. The van der Waals surface area contributed by atoms with Crippen LogP contribution in [-0.2, 0) is 9.53 Å². The van der Waals surface area contributed by atoms with Crippen LogP contribution in [0, 0.1) is 18.3 Å². The van der Waals surface area contributed by atoms with Gasteiger partial charge in [0.1, 0.15) is 17.3 Å². The van der Waals surface area contributed by atoms with Gasteiger partial charge in [0.15, 0.2) is 6.61 Å². The van der Waals surface area contributed by atoms with E-state index >= 15 is 0 Å². The number of esters is 1. The van der Waals surface area contributed by atoms with Crippen LogP contribution in [0.25, 0.3) is 5.69 Å². The lowest BCUT2D eigenvalue weighted by molar-refractivity contribution is -0.121. The van der Waals surface area contributed by atoms with E-state index in [1.54, 1.807) is 49.4 Å². The maximum atomic E-state index is 12.6. The number of amides is 1. The summed E-state index contributed by atoms with van der Waals surface area (Å²) in [7, 11) is 0. The van der Waals surface area contributed by atoms with Crippen LogP contribution in [0.3, 0.4) is 0 Å². The first-order chi connectivity index (χ1) is 14.0. The first-order valence-corrected chi connectivity index (χ1v) is 9.10. The molecule has 0 aliphatic heterocycles. The highest BCUT2D eigenvalue weighted by Gasteiger charge is 2.24. The number of anilines is 1. The summed E-state index contributed by atoms with van der Waals surface area (Å²) < 4.78 is 6.60. The lowest BCUT2D eigenvalue weighted by atomic mass is 10.2. The Hall–Kier alpha value is -3.63. The molecule has 0 N–H and O–H groups in total. The molecule has 2 aromatic carbocycles. The van der Waals surface area contributed by atoms with Crippen molar-refractivity contribution < 1.29 is 14.3 Å². The number of halogens is 1. The molecule has 0 unspecified atom stereocenters. The van der Waals surface area contributed by atoms with Crippen molar-refractivity contribution in [3.05, 3.63) is 77.1 Å². The first-order valence-electron chi connectivity index (χ1n) is 8.73. The number of hydrogen-bond acceptors (Lipinski definition) is 5. The van der Waals surface area contributed by atoms with Crippen molar-refractivity contribution in [2.45, 2.75) is 6.92 Å². The van der Waals surface area contributed by atoms with Crippen LogP contribution < -0.4 is 4.90 Å². The third kappa shape index (κ3) is 4.45. The zero-order chi connectivity index (χ0) is 20.8. The van der Waals surface area contributed by atoms with Crippen LogP contribution in [0.5, 0.6) is 0 Å². The molecule has 3 rings (SSSR count). The summed E-state index contributed by atoms with van der Waals surface area (Å²) in [6.07, 6.45) is 0. The molecule has 1 aromatic heterocycles. The summed E-state index contributed by atoms with van der Waals surface area (Å²) in [5.74, 6) is -1.27. The summed E-state index contributed by atoms with van der Waals surface area (Å²) in [6.45, 7) is 0.948. The number of ether oxygens (including phenoxy) is 1. The van der Waals surface area contributed by atoms with Crippen molar-refractivity contribution in [2.24, 2.45) is 0 Å². The predicted octanol–water partition coefficient (Wildman–Crippen LogP) is 3.55. The van der Waals surface area contributed by atoms with E-state index in [0.717, 1.165) is 0 Å². The van der Waals surface area contributed by atoms with Gasteiger partial charge >= 0.3 is 5.97 Å². The lowest BCUT2D eigenvalue weighted by Gasteiger charge is -2.19. The first kappa shape index (κ1) is 20.1. The second-order valence-electron chi connectivity index (χ2n) is 6.05. The highest BCUT2D eigenvalue weighted by atomic mass is 35.5. The molecule has 0 aliphatic carbocycles. The Bertz CT molecular complexity index is 1060. The molecule has 0 bridgehead atoms. The third-order valence-corrected chi connectivity index (χ3v) is 4.48. The number of aromatic nitrogens is 2. The van der Waals surface area contributed by atoms with Crippen molar-refractivity contribution in [1.82, 2.24) is 9.78 Å². The number of nitrogens with zero attached hydrogens (tertiary/aromatic N) is 4. The van der Waals surface area contributed by atoms with Gasteiger partial charge in [-0.3, -0.25) is 9.69 Å². The largest absolute Gasteiger partial charge is 0.452 e. The molecule has 0 atom stereocenters. The van der Waals surface area contributed by atoms with E-state index < -0.39 is 18.5 Å². The van der Waals surface area contributed by atoms with Crippen molar-refractivity contribution in [3.63, 3.8) is 0 Å². The van der Waals surface area contributed by atoms with Gasteiger partial charge in [-0.15, -0.1) is 0 Å². The molecule has 29 heavy (non-hydrogen) atoms. The number of hydrogen-bond donors (Lipinski definition) is 0. The van der Waals surface area contributed by atoms with E-state index in [0.29, 0.717) is 17.1 Å². The molecule has 0 radical (unpaired) electrons. The van der Waals surface area contributed by atoms with Crippen LogP contribution in [0.1, 0.15) is 16.1 Å². The van der Waals surface area contributed by atoms with Crippen LogP contribution in [0.15, 0.2) is 60.7 Å². The molecule has 0 fully saturated rings. The van der Waals surface area contributed by atoms with E-state index in [2.05, 4.69) is 5.10 Å². The minimum Gasteiger partial charge on any atom is -0.452 e. The second-order valence-corrected chi connectivity index (χ2v) is 6.41. The Morgan fingerprint density at radius 3 is 2.38 bits per heavy atom. The second kappa shape index (κ2) is 9.04. The van der Waals surface area contributed by atoms with Gasteiger partial charge in [-0.25, -0.2) is 9.48 Å². The summed E-state index contributed by atoms with van der Waals surface area (Å²) in [4.78, 5) is 26.3. The molecule has 1 heterocycles. The molecule has 3 aromatic rings. The maximum absolute atomic E-state index is 12.6. The Kier molecular flexibility index (Phi) is 6.27. The van der Waals surface area contributed by atoms with Crippen molar-refractivity contribution in [3.8, 4) is 11.8 Å². The molecule has 0 spiro atoms. The van der Waals surface area contributed by atoms with Gasteiger partial charge in [0.2, 0.25) is 0 Å². The number of carbonyl (C=O) groups excluding carboxylic acids is 2. The Morgan fingerprint density at radius 2 is 1.76 bits per heavy atom. The topological polar surface area (TPSA) is 88.2 Å². The lowest BCUT2D eigenvalue weighted by Crippen LogP contribution is -2.35. The summed E-state index contributed by atoms with van der Waals surface area (Å²) in [5, 5.41) is 13.4. The third-order valence-electron chi connectivity index (χ3n) is 4.13. The van der Waals surface area contributed by atoms with Gasteiger partial charge in [0.05, 0.1) is 17.5 Å². The van der Waals surface area contributed by atoms with E-state index in [1.165, 1.54) is 9.58 Å². The number of nitriles is 1. The molecular weight excluding hydrogens is 392 g/mol. The Morgan fingerprint density at radius 1 is 1.14 bits per heavy atom. The van der Waals surface area contributed by atoms with Crippen LogP contribution >= 0.6 is 11.6 Å². The molecule has 146 valence electrons. The smallest absolute Gasteiger partial charge is 0.343 e. The maximum Gasteiger partial charge on any atom is 0.343 e. The highest BCUT2D eigenvalue weighted by molar-refractivity contribution is 6.33. The number of rotatable bonds is 6. The standard InChI is InChI=1S/C21H17ClN4O3/c1-15-19(20(22)26(24-15)17-10-6-3-7-11-17)21(28)29-14-18(27)25(13-12-23)16-8-4-2-5-9-16/h2-11H,13-14H2,1H3. The fourth-order valence-corrected chi connectivity index (χ4v) is 3.10. The summed E-state index contributed by atoms with van der Waals surface area (Å²) in [6, 6.07) is 19.7. The SMILES string of the molecule is Cc1nn(-c2ccccc2)c(Cl)c1C(=O)OCC(=O)N(CC#N)c1ccccc1. The number of benzene rings is 2. The number of carbonyl (C=O) groups is 2. The van der Waals surface area contributed by atoms with Crippen molar-refractivity contribution >= 4 is 29.2 Å². The summed E-state index contributed by atoms with van der Waals surface area (Å²) >= 11 is 6.34. The zero-order valence-corrected chi connectivity index (χ0v) is 16.3. The molecule has 0 saturated heterocycles. The van der Waals surface area contributed by atoms with Crippen LogP contribution in [0.2, 0.25) is 5.15 Å². The Balaban J connectivity index is 1.75. The van der Waals surface area contributed by atoms with Gasteiger partial charge < -0.3 is 4.74 Å². The quantitative estimate of drug-likeness (QED) is 0.459. The molecule has 1 amide bonds. The summed E-state index contributed by atoms with van der Waals surface area (Å²) in [5.41, 5.74) is 1.71. The van der Waals surface area contributed by atoms with E-state index in [4.69, 9.17) is 21.6 Å². The predicted molar refractivity (Wildman–Crippen MR) is 108 cm³/mol. The van der Waals surface area contributed by atoms with Crippen molar-refractivity contribution in [2.75, 3.05) is 18.1 Å². The van der Waals surface area contributed by atoms with Gasteiger partial charge in [-0.2, -0.15) is 10.4 Å². The van der Waals surface area contributed by atoms with Gasteiger partial charge in [0.25, 0.3) is 5.91 Å². The average molecular weight is 409 g/mol. The minimum absolute atomic E-state index is 0.0925. The zero-order valence-electron chi connectivity index (χ0n) is 15.6. The monoisotopic (exact) mass is 408 g/mol. The van der Waals surface area contributed by atoms with E-state index in [9.17, 15) is 9.59 Å². The molecule has 8 heteroatoms. The Labute approximate surface area is 172 Å². The van der Waals surface area contributed by atoms with E-state index in [-0.39, 0.29) is 17.3 Å². The average Bonchev–Trinajstić information content (AvgIpc) is 3.05. The fourth-order valence-electron chi connectivity index (χ4n) is 2.75. The number of para-hydroxylation sites is 2. The van der Waals surface area contributed by atoms with E-state index in [1.807, 2.05) is 24.3 Å². The minimum atomic E-state index is -0.756. The fraction of sp³-hybridized carbons (Fsp3) is 0.143. The molecule has 0 saturated carbocycles. The van der Waals surface area contributed by atoms with Crippen molar-refractivity contribution in [1.29, 1.82) is 5.26 Å². The van der Waals surface area contributed by atoms with Crippen LogP contribution in [-0.4, -0.2) is 34.8 Å². The highest BCUT2D eigenvalue weighted by Crippen LogP contribution is 2.24.